The van der Waals surface area contributed by atoms with E-state index in [0.29, 0.717) is 16.8 Å². The van der Waals surface area contributed by atoms with Crippen LogP contribution < -0.4 is 0 Å². The second kappa shape index (κ2) is 26.4. The highest BCUT2D eigenvalue weighted by molar-refractivity contribution is 6.13. The van der Waals surface area contributed by atoms with Gasteiger partial charge in [0.2, 0.25) is 0 Å². The molecule has 0 unspecified atom stereocenters. The van der Waals surface area contributed by atoms with Crippen LogP contribution in [0.5, 0.6) is 0 Å². The zero-order valence-corrected chi connectivity index (χ0v) is 53.4. The Kier molecular flexibility index (Phi) is 16.0. The summed E-state index contributed by atoms with van der Waals surface area (Å²) in [5.41, 5.74) is 25.1. The lowest BCUT2D eigenvalue weighted by atomic mass is 9.99. The van der Waals surface area contributed by atoms with Gasteiger partial charge in [-0.3, -0.25) is 9.97 Å². The maximum absolute atomic E-state index is 9.16. The first kappa shape index (κ1) is 59.9. The van der Waals surface area contributed by atoms with Gasteiger partial charge in [-0.2, -0.15) is 15.8 Å². The van der Waals surface area contributed by atoms with Gasteiger partial charge >= 0.3 is 0 Å². The maximum atomic E-state index is 9.16. The van der Waals surface area contributed by atoms with Gasteiger partial charge in [0, 0.05) is 85.3 Å². The summed E-state index contributed by atoms with van der Waals surface area (Å²) in [6, 6.07) is 118. The van der Waals surface area contributed by atoms with Gasteiger partial charge in [-0.25, -0.2) is 4.98 Å². The van der Waals surface area contributed by atoms with Crippen LogP contribution in [0.3, 0.4) is 0 Å². The van der Waals surface area contributed by atoms with Crippen molar-refractivity contribution >= 4 is 65.4 Å². The largest absolute Gasteiger partial charge is 0.309 e. The van der Waals surface area contributed by atoms with Gasteiger partial charge < -0.3 is 13.7 Å². The molecule has 0 aliphatic heterocycles. The Morgan fingerprint density at radius 1 is 0.232 bits per heavy atom. The van der Waals surface area contributed by atoms with Crippen molar-refractivity contribution in [3.63, 3.8) is 0 Å². The van der Waals surface area contributed by atoms with E-state index in [-0.39, 0.29) is 0 Å². The maximum Gasteiger partial charge on any atom is 0.141 e. The van der Waals surface area contributed by atoms with Crippen molar-refractivity contribution in [2.45, 2.75) is 0 Å². The molecule has 9 nitrogen and oxygen atoms in total. The first-order chi connectivity index (χ1) is 48.9. The van der Waals surface area contributed by atoms with E-state index < -0.39 is 0 Å². The van der Waals surface area contributed by atoms with E-state index in [1.54, 1.807) is 30.9 Å². The Morgan fingerprint density at radius 3 is 0.980 bits per heavy atom. The Hall–Kier alpha value is -14.0. The Bertz CT molecular complexity index is 5560. The molecule has 0 aliphatic rings. The standard InChI is InChI=1S/3C30H19N3/c31-18-21-16-25(20-32-19-21)23-12-10-22(11-13-23)24-14-15-30-28(17-24)27-8-4-5-9-29(27)33(30)26-6-2-1-3-7-26;31-20-21-16-17-32-28(18-21)23-12-10-22(11-13-23)24-14-15-30-27(19-24)26-8-4-5-9-29(26)33(30)25-6-2-1-3-7-25;31-20-25-18-24(16-17-32-25)22-12-10-21(11-13-22)23-14-15-30-28(19-23)27-8-4-5-9-29(27)33(30)26-6-2-1-3-7-26/h1-17,19-20H;2*1-19H. The van der Waals surface area contributed by atoms with Crippen LogP contribution in [0.4, 0.5) is 0 Å². The number of pyridine rings is 3. The summed E-state index contributed by atoms with van der Waals surface area (Å²) < 4.78 is 6.98. The molecule has 0 amide bonds. The van der Waals surface area contributed by atoms with Crippen molar-refractivity contribution in [3.05, 3.63) is 363 Å². The summed E-state index contributed by atoms with van der Waals surface area (Å²) >= 11 is 0. The highest BCUT2D eigenvalue weighted by Crippen LogP contribution is 2.39. The fourth-order valence-corrected chi connectivity index (χ4v) is 13.6. The lowest BCUT2D eigenvalue weighted by Crippen LogP contribution is -1.92. The number of hydrogen-bond acceptors (Lipinski definition) is 6. The number of fused-ring (bicyclic) bond motifs is 9. The first-order valence-corrected chi connectivity index (χ1v) is 32.6. The molecule has 0 radical (unpaired) electrons. The zero-order valence-electron chi connectivity index (χ0n) is 53.4. The molecule has 0 atom stereocenters. The molecule has 6 heterocycles. The van der Waals surface area contributed by atoms with Crippen LogP contribution in [-0.4, -0.2) is 28.7 Å². The average molecular weight is 1260 g/mol. The summed E-state index contributed by atoms with van der Waals surface area (Å²) in [4.78, 5) is 12.7. The molecule has 18 rings (SSSR count). The summed E-state index contributed by atoms with van der Waals surface area (Å²) in [5, 5.41) is 34.9. The number of aromatic nitrogens is 6. The highest BCUT2D eigenvalue weighted by Gasteiger charge is 2.17. The smallest absolute Gasteiger partial charge is 0.141 e. The predicted molar refractivity (Wildman–Crippen MR) is 402 cm³/mol. The van der Waals surface area contributed by atoms with Crippen LogP contribution in [0, 0.1) is 34.0 Å². The number of para-hydroxylation sites is 6. The SMILES string of the molecule is N#Cc1cc(-c2ccc(-c3ccc4c(c3)c3ccccc3n4-c3ccccc3)cc2)ccn1.N#Cc1ccnc(-c2ccc(-c3ccc4c(c3)c3ccccc3n4-c3ccccc3)cc2)c1.N#Cc1cncc(-c2ccc(-c3ccc4c(c3)c3ccccc3n4-c3ccccc3)cc2)c1. The van der Waals surface area contributed by atoms with Gasteiger partial charge in [0.1, 0.15) is 17.8 Å². The van der Waals surface area contributed by atoms with E-state index in [2.05, 4.69) is 320 Å². The van der Waals surface area contributed by atoms with Gasteiger partial charge in [-0.15, -0.1) is 0 Å². The summed E-state index contributed by atoms with van der Waals surface area (Å²) in [6.45, 7) is 0. The van der Waals surface area contributed by atoms with Crippen molar-refractivity contribution in [1.29, 1.82) is 15.8 Å². The Balaban J connectivity index is 0.000000116. The van der Waals surface area contributed by atoms with Crippen LogP contribution in [0.1, 0.15) is 16.8 Å². The zero-order chi connectivity index (χ0) is 66.6. The highest BCUT2D eigenvalue weighted by atomic mass is 15.0. The van der Waals surface area contributed by atoms with Crippen LogP contribution in [0.25, 0.3) is 149 Å². The van der Waals surface area contributed by atoms with E-state index in [4.69, 9.17) is 15.8 Å². The molecule has 18 aromatic rings. The third-order valence-corrected chi connectivity index (χ3v) is 18.3. The average Bonchev–Trinajstić information content (AvgIpc) is 1.61. The van der Waals surface area contributed by atoms with E-state index in [1.165, 1.54) is 82.1 Å². The van der Waals surface area contributed by atoms with Crippen molar-refractivity contribution in [2.75, 3.05) is 0 Å². The molecule has 0 N–H and O–H groups in total. The summed E-state index contributed by atoms with van der Waals surface area (Å²) in [6.07, 6.45) is 6.73. The molecular formula is C90H57N9. The van der Waals surface area contributed by atoms with Gasteiger partial charge in [0.05, 0.1) is 56.0 Å². The molecule has 462 valence electrons. The monoisotopic (exact) mass is 1260 g/mol. The topological polar surface area (TPSA) is 125 Å². The van der Waals surface area contributed by atoms with Gasteiger partial charge in [0.15, 0.2) is 0 Å². The Morgan fingerprint density at radius 2 is 0.576 bits per heavy atom. The van der Waals surface area contributed by atoms with Crippen LogP contribution in [-0.2, 0) is 0 Å². The van der Waals surface area contributed by atoms with Crippen molar-refractivity contribution in [1.82, 2.24) is 28.7 Å². The Labute approximate surface area is 571 Å². The summed E-state index contributed by atoms with van der Waals surface area (Å²) in [7, 11) is 0. The van der Waals surface area contributed by atoms with Crippen LogP contribution in [0.2, 0.25) is 0 Å². The third kappa shape index (κ3) is 11.7. The molecule has 6 aromatic heterocycles. The van der Waals surface area contributed by atoms with Gasteiger partial charge in [0.25, 0.3) is 0 Å². The molecule has 9 heteroatoms. The predicted octanol–water partition coefficient (Wildman–Crippen LogP) is 22.2. The van der Waals surface area contributed by atoms with Crippen LogP contribution in [0.15, 0.2) is 346 Å². The quantitative estimate of drug-likeness (QED) is 0.142. The van der Waals surface area contributed by atoms with Crippen molar-refractivity contribution in [2.24, 2.45) is 0 Å². The second-order valence-corrected chi connectivity index (χ2v) is 24.1. The molecule has 0 aliphatic carbocycles. The molecule has 0 spiro atoms. The minimum Gasteiger partial charge on any atom is -0.309 e. The van der Waals surface area contributed by atoms with Gasteiger partial charge in [-0.1, -0.05) is 200 Å². The van der Waals surface area contributed by atoms with E-state index >= 15 is 0 Å². The van der Waals surface area contributed by atoms with E-state index in [1.807, 2.05) is 42.5 Å². The fraction of sp³-hybridized carbons (Fsp3) is 0. The molecule has 0 bridgehead atoms. The molecule has 0 saturated carbocycles. The molecule has 12 aromatic carbocycles. The second-order valence-electron chi connectivity index (χ2n) is 24.1. The van der Waals surface area contributed by atoms with Gasteiger partial charge in [-0.05, 0) is 171 Å². The minimum atomic E-state index is 0.428. The lowest BCUT2D eigenvalue weighted by Gasteiger charge is -2.08. The molecule has 0 fully saturated rings. The normalized spacial score (nSPS) is 11.0. The minimum absolute atomic E-state index is 0.428. The molecule has 99 heavy (non-hydrogen) atoms. The number of nitrogens with zero attached hydrogens (tertiary/aromatic N) is 9. The first-order valence-electron chi connectivity index (χ1n) is 32.6. The number of benzene rings is 12. The number of hydrogen-bond donors (Lipinski definition) is 0. The van der Waals surface area contributed by atoms with E-state index in [0.717, 1.165) is 67.3 Å². The van der Waals surface area contributed by atoms with Crippen LogP contribution >= 0.6 is 0 Å². The molecule has 0 saturated heterocycles. The number of rotatable bonds is 9. The fourth-order valence-electron chi connectivity index (χ4n) is 13.6. The third-order valence-electron chi connectivity index (χ3n) is 18.3. The molecular weight excluding hydrogens is 1210 g/mol. The van der Waals surface area contributed by atoms with E-state index in [9.17, 15) is 0 Å². The number of nitriles is 3. The lowest BCUT2D eigenvalue weighted by molar-refractivity contribution is 1.18. The van der Waals surface area contributed by atoms with Crippen molar-refractivity contribution in [3.8, 4) is 102 Å². The summed E-state index contributed by atoms with van der Waals surface area (Å²) in [5.74, 6) is 0. The van der Waals surface area contributed by atoms with Crippen molar-refractivity contribution < 1.29 is 0 Å².